The molecule has 0 bridgehead atoms. The zero-order valence-corrected chi connectivity index (χ0v) is 23.3. The van der Waals surface area contributed by atoms with Crippen LogP contribution in [0.25, 0.3) is 0 Å². The Hall–Kier alpha value is -2.34. The number of hydrogen-bond donors (Lipinski definition) is 0. The molecule has 2 nitrogen and oxygen atoms in total. The third-order valence-electron chi connectivity index (χ3n) is 7.47. The molecule has 2 unspecified atom stereocenters. The van der Waals surface area contributed by atoms with Crippen molar-refractivity contribution in [3.63, 3.8) is 0 Å². The largest absolute Gasteiger partial charge is 0.345 e. The third-order valence-corrected chi connectivity index (χ3v) is 13.6. The normalized spacial score (nSPS) is 24.8. The third kappa shape index (κ3) is 5.19. The molecule has 4 aromatic carbocycles. The van der Waals surface area contributed by atoms with Crippen LogP contribution in [0.15, 0.2) is 121 Å². The first-order valence-electron chi connectivity index (χ1n) is 13.2. The quantitative estimate of drug-likeness (QED) is 0.276. The number of benzene rings is 4. The van der Waals surface area contributed by atoms with Gasteiger partial charge in [0.1, 0.15) is 0 Å². The van der Waals surface area contributed by atoms with Crippen LogP contribution in [0, 0.1) is 0 Å². The zero-order valence-electron chi connectivity index (χ0n) is 21.5. The van der Waals surface area contributed by atoms with Crippen LogP contribution in [-0.2, 0) is 9.47 Å². The lowest BCUT2D eigenvalue weighted by molar-refractivity contribution is -0.145. The monoisotopic (exact) mass is 524 g/mol. The molecular formula is C33H34O2P2. The molecule has 2 fully saturated rings. The second kappa shape index (κ2) is 10.8. The number of ether oxygens (including phenoxy) is 2. The van der Waals surface area contributed by atoms with Crippen molar-refractivity contribution in [1.82, 2.24) is 0 Å². The predicted molar refractivity (Wildman–Crippen MR) is 159 cm³/mol. The molecule has 1 saturated heterocycles. The molecule has 0 spiro atoms. The van der Waals surface area contributed by atoms with Gasteiger partial charge in [0, 0.05) is 5.66 Å². The summed E-state index contributed by atoms with van der Waals surface area (Å²) >= 11 is 0. The second-order valence-corrected chi connectivity index (χ2v) is 15.2. The molecular weight excluding hydrogens is 490 g/mol. The minimum absolute atomic E-state index is 0.0673. The Kier molecular flexibility index (Phi) is 7.29. The van der Waals surface area contributed by atoms with Gasteiger partial charge in [0.15, 0.2) is 5.79 Å². The van der Waals surface area contributed by atoms with Gasteiger partial charge in [-0.3, -0.25) is 0 Å². The van der Waals surface area contributed by atoms with E-state index < -0.39 is 21.6 Å². The highest BCUT2D eigenvalue weighted by Crippen LogP contribution is 2.59. The maximum absolute atomic E-state index is 6.85. The van der Waals surface area contributed by atoms with E-state index in [4.69, 9.17) is 9.47 Å². The molecule has 4 aromatic rings. The summed E-state index contributed by atoms with van der Waals surface area (Å²) in [5.74, 6) is -0.556. The van der Waals surface area contributed by atoms with E-state index in [0.29, 0.717) is 11.3 Å². The lowest BCUT2D eigenvalue weighted by Crippen LogP contribution is -2.50. The fourth-order valence-corrected chi connectivity index (χ4v) is 12.8. The van der Waals surface area contributed by atoms with Gasteiger partial charge >= 0.3 is 0 Å². The summed E-state index contributed by atoms with van der Waals surface area (Å²) in [6.07, 6.45) is 2.38. The lowest BCUT2D eigenvalue weighted by atomic mass is 9.94. The van der Waals surface area contributed by atoms with Crippen LogP contribution in [-0.4, -0.2) is 29.3 Å². The summed E-state index contributed by atoms with van der Waals surface area (Å²) in [5, 5.41) is 5.74. The Morgan fingerprint density at radius 3 is 1.38 bits per heavy atom. The van der Waals surface area contributed by atoms with E-state index in [1.165, 1.54) is 21.2 Å². The van der Waals surface area contributed by atoms with Gasteiger partial charge in [-0.05, 0) is 69.4 Å². The molecule has 1 aliphatic heterocycles. The van der Waals surface area contributed by atoms with Crippen molar-refractivity contribution >= 4 is 37.1 Å². The summed E-state index contributed by atoms with van der Waals surface area (Å²) in [7, 11) is -1.28. The molecule has 37 heavy (non-hydrogen) atoms. The van der Waals surface area contributed by atoms with Crippen molar-refractivity contribution in [3.8, 4) is 0 Å². The van der Waals surface area contributed by atoms with E-state index in [1.807, 2.05) is 0 Å². The standard InChI is InChI=1S/C33H34O2P2/c1-33(2)34-29-23-24-30(36(25-15-7-3-8-16-25)26-17-9-4-10-18-26)32(31(29)35-33)37(27-19-11-5-12-20-27)28-21-13-6-14-22-28/h3-22,29-32H,23-24H2,1-2H3/t29?,30-,31?,32+/m1/s1. The van der Waals surface area contributed by atoms with Gasteiger partial charge in [0.25, 0.3) is 0 Å². The average molecular weight is 525 g/mol. The summed E-state index contributed by atoms with van der Waals surface area (Å²) in [4.78, 5) is 0. The average Bonchev–Trinajstić information content (AvgIpc) is 3.26. The highest BCUT2D eigenvalue weighted by molar-refractivity contribution is 7.77. The summed E-state index contributed by atoms with van der Waals surface area (Å²) < 4.78 is 13.4. The molecule has 6 rings (SSSR count). The van der Waals surface area contributed by atoms with Gasteiger partial charge in [-0.25, -0.2) is 0 Å². The van der Waals surface area contributed by atoms with E-state index >= 15 is 0 Å². The summed E-state index contributed by atoms with van der Waals surface area (Å²) in [6.45, 7) is 4.17. The minimum atomic E-state index is -0.684. The van der Waals surface area contributed by atoms with E-state index in [-0.39, 0.29) is 12.2 Å². The summed E-state index contributed by atoms with van der Waals surface area (Å²) in [5.41, 5.74) is 0.817. The van der Waals surface area contributed by atoms with Gasteiger partial charge in [0.2, 0.25) is 0 Å². The van der Waals surface area contributed by atoms with Crippen LogP contribution in [0.3, 0.4) is 0 Å². The highest BCUT2D eigenvalue weighted by Gasteiger charge is 2.54. The Morgan fingerprint density at radius 2 is 0.946 bits per heavy atom. The van der Waals surface area contributed by atoms with Crippen molar-refractivity contribution in [2.45, 2.75) is 56.0 Å². The van der Waals surface area contributed by atoms with Gasteiger partial charge in [-0.1, -0.05) is 121 Å². The number of rotatable bonds is 6. The van der Waals surface area contributed by atoms with Crippen LogP contribution in [0.5, 0.6) is 0 Å². The molecule has 188 valence electrons. The Bertz CT molecular complexity index is 1200. The van der Waals surface area contributed by atoms with E-state index in [0.717, 1.165) is 12.8 Å². The van der Waals surface area contributed by atoms with Crippen molar-refractivity contribution in [2.24, 2.45) is 0 Å². The Labute approximate surface area is 223 Å². The molecule has 1 heterocycles. The van der Waals surface area contributed by atoms with Crippen LogP contribution in [0.1, 0.15) is 26.7 Å². The summed E-state index contributed by atoms with van der Waals surface area (Å²) in [6, 6.07) is 44.7. The van der Waals surface area contributed by atoms with Crippen molar-refractivity contribution < 1.29 is 9.47 Å². The fraction of sp³-hybridized carbons (Fsp3) is 0.273. The molecule has 0 aromatic heterocycles. The second-order valence-electron chi connectivity index (χ2n) is 10.4. The molecule has 0 amide bonds. The molecule has 4 atom stereocenters. The Morgan fingerprint density at radius 1 is 0.541 bits per heavy atom. The first-order chi connectivity index (χ1) is 18.1. The smallest absolute Gasteiger partial charge is 0.163 e. The molecule has 0 N–H and O–H groups in total. The maximum Gasteiger partial charge on any atom is 0.163 e. The zero-order chi connectivity index (χ0) is 25.2. The SMILES string of the molecule is CC1(C)OC2CC[C@@H](P(c3ccccc3)c3ccccc3)[C@H](P(c3ccccc3)c3ccccc3)C2O1. The molecule has 4 heteroatoms. The van der Waals surface area contributed by atoms with Crippen LogP contribution >= 0.6 is 15.8 Å². The van der Waals surface area contributed by atoms with Crippen LogP contribution in [0.4, 0.5) is 0 Å². The highest BCUT2D eigenvalue weighted by atomic mass is 31.1. The van der Waals surface area contributed by atoms with Gasteiger partial charge in [-0.2, -0.15) is 0 Å². The first-order valence-corrected chi connectivity index (χ1v) is 16.1. The number of fused-ring (bicyclic) bond motifs is 1. The minimum Gasteiger partial charge on any atom is -0.345 e. The van der Waals surface area contributed by atoms with Crippen molar-refractivity contribution in [1.29, 1.82) is 0 Å². The lowest BCUT2D eigenvalue weighted by Gasteiger charge is -2.46. The van der Waals surface area contributed by atoms with Gasteiger partial charge in [-0.15, -0.1) is 0 Å². The van der Waals surface area contributed by atoms with E-state index in [2.05, 4.69) is 135 Å². The van der Waals surface area contributed by atoms with E-state index in [1.54, 1.807) is 0 Å². The van der Waals surface area contributed by atoms with Gasteiger partial charge in [0.05, 0.1) is 12.2 Å². The molecule has 1 aliphatic carbocycles. The van der Waals surface area contributed by atoms with Crippen molar-refractivity contribution in [3.05, 3.63) is 121 Å². The Balaban J connectivity index is 1.54. The van der Waals surface area contributed by atoms with Crippen molar-refractivity contribution in [2.75, 3.05) is 0 Å². The number of hydrogen-bond acceptors (Lipinski definition) is 2. The van der Waals surface area contributed by atoms with E-state index in [9.17, 15) is 0 Å². The first kappa shape index (κ1) is 25.0. The molecule has 2 aliphatic rings. The topological polar surface area (TPSA) is 18.5 Å². The van der Waals surface area contributed by atoms with Crippen LogP contribution in [0.2, 0.25) is 0 Å². The molecule has 1 saturated carbocycles. The van der Waals surface area contributed by atoms with Gasteiger partial charge < -0.3 is 9.47 Å². The maximum atomic E-state index is 6.85. The predicted octanol–water partition coefficient (Wildman–Crippen LogP) is 6.30. The van der Waals surface area contributed by atoms with Crippen LogP contribution < -0.4 is 21.2 Å². The fourth-order valence-electron chi connectivity index (χ4n) is 6.08. The molecule has 0 radical (unpaired) electrons.